The average Bonchev–Trinajstić information content (AvgIpc) is 3.06. The van der Waals surface area contributed by atoms with Crippen molar-refractivity contribution in [1.29, 1.82) is 0 Å². The molecule has 0 saturated carbocycles. The zero-order valence-corrected chi connectivity index (χ0v) is 15.0. The number of likely N-dealkylation sites (N-methyl/N-ethyl adjacent to an activating group) is 1. The Balaban J connectivity index is 1.69. The first-order valence-corrected chi connectivity index (χ1v) is 8.54. The largest absolute Gasteiger partial charge is 0.497 e. The second-order valence-corrected chi connectivity index (χ2v) is 6.47. The monoisotopic (exact) mass is 339 g/mol. The molecule has 3 rings (SSSR count). The van der Waals surface area contributed by atoms with Crippen LogP contribution in [0.2, 0.25) is 0 Å². The maximum atomic E-state index is 12.7. The highest BCUT2D eigenvalue weighted by Gasteiger charge is 2.25. The van der Waals surface area contributed by atoms with Crippen LogP contribution < -0.4 is 15.0 Å². The van der Waals surface area contributed by atoms with Gasteiger partial charge in [-0.3, -0.25) is 4.90 Å². The van der Waals surface area contributed by atoms with Gasteiger partial charge in [-0.25, -0.2) is 4.79 Å². The van der Waals surface area contributed by atoms with Gasteiger partial charge in [0.05, 0.1) is 13.2 Å². The van der Waals surface area contributed by atoms with Crippen molar-refractivity contribution in [3.8, 4) is 5.75 Å². The average molecular weight is 339 g/mol. The van der Waals surface area contributed by atoms with Gasteiger partial charge in [-0.15, -0.1) is 0 Å². The third kappa shape index (κ3) is 3.77. The fourth-order valence-electron chi connectivity index (χ4n) is 3.28. The van der Waals surface area contributed by atoms with Gasteiger partial charge in [0, 0.05) is 18.8 Å². The summed E-state index contributed by atoms with van der Waals surface area (Å²) >= 11 is 0. The van der Waals surface area contributed by atoms with Crippen LogP contribution in [0.5, 0.6) is 5.75 Å². The summed E-state index contributed by atoms with van der Waals surface area (Å²) in [5.41, 5.74) is 3.36. The number of hydrogen-bond acceptors (Lipinski definition) is 3. The van der Waals surface area contributed by atoms with E-state index in [2.05, 4.69) is 22.3 Å². The van der Waals surface area contributed by atoms with Gasteiger partial charge in [-0.05, 0) is 49.8 Å². The number of rotatable bonds is 5. The zero-order chi connectivity index (χ0) is 17.8. The lowest BCUT2D eigenvalue weighted by Crippen LogP contribution is -2.42. The topological polar surface area (TPSA) is 44.8 Å². The summed E-state index contributed by atoms with van der Waals surface area (Å²) in [7, 11) is 5.69. The molecule has 0 fully saturated rings. The Morgan fingerprint density at radius 3 is 2.80 bits per heavy atom. The lowest BCUT2D eigenvalue weighted by molar-refractivity contribution is 0.238. The number of carbonyl (C=O) groups excluding carboxylic acids is 1. The molecule has 1 aliphatic heterocycles. The van der Waals surface area contributed by atoms with Crippen molar-refractivity contribution < 1.29 is 9.53 Å². The molecule has 0 unspecified atom stereocenters. The van der Waals surface area contributed by atoms with Crippen molar-refractivity contribution in [2.45, 2.75) is 12.5 Å². The van der Waals surface area contributed by atoms with E-state index in [1.165, 1.54) is 5.56 Å². The first-order chi connectivity index (χ1) is 12.1. The lowest BCUT2D eigenvalue weighted by Gasteiger charge is -2.27. The van der Waals surface area contributed by atoms with Crippen LogP contribution >= 0.6 is 0 Å². The first-order valence-electron chi connectivity index (χ1n) is 8.54. The number of anilines is 1. The van der Waals surface area contributed by atoms with E-state index in [4.69, 9.17) is 4.74 Å². The summed E-state index contributed by atoms with van der Waals surface area (Å²) in [6.07, 6.45) is 0.913. The van der Waals surface area contributed by atoms with Crippen LogP contribution in [0.25, 0.3) is 0 Å². The SMILES string of the molecule is COc1cccc([C@@H](CNC(=O)N2CCc3ccccc32)N(C)C)c1. The molecule has 0 aromatic heterocycles. The number of benzene rings is 2. The molecule has 1 heterocycles. The summed E-state index contributed by atoms with van der Waals surface area (Å²) in [6, 6.07) is 16.1. The molecule has 5 heteroatoms. The predicted octanol–water partition coefficient (Wildman–Crippen LogP) is 3.07. The van der Waals surface area contributed by atoms with Crippen molar-refractivity contribution in [2.75, 3.05) is 39.2 Å². The fourth-order valence-corrected chi connectivity index (χ4v) is 3.28. The third-order valence-electron chi connectivity index (χ3n) is 4.68. The number of nitrogens with one attached hydrogen (secondary N) is 1. The van der Waals surface area contributed by atoms with Crippen LogP contribution in [-0.2, 0) is 6.42 Å². The molecule has 0 aliphatic carbocycles. The molecule has 132 valence electrons. The fraction of sp³-hybridized carbons (Fsp3) is 0.350. The van der Waals surface area contributed by atoms with Crippen molar-refractivity contribution in [2.24, 2.45) is 0 Å². The van der Waals surface area contributed by atoms with Gasteiger partial charge in [0.1, 0.15) is 5.75 Å². The summed E-state index contributed by atoms with van der Waals surface area (Å²) in [4.78, 5) is 16.6. The van der Waals surface area contributed by atoms with Crippen LogP contribution in [0.4, 0.5) is 10.5 Å². The number of para-hydroxylation sites is 1. The van der Waals surface area contributed by atoms with Crippen LogP contribution in [0, 0.1) is 0 Å². The molecule has 1 atom stereocenters. The number of nitrogens with zero attached hydrogens (tertiary/aromatic N) is 2. The predicted molar refractivity (Wildman–Crippen MR) is 100 cm³/mol. The van der Waals surface area contributed by atoms with E-state index in [1.54, 1.807) is 7.11 Å². The maximum absolute atomic E-state index is 12.7. The third-order valence-corrected chi connectivity index (χ3v) is 4.68. The molecule has 1 aliphatic rings. The number of urea groups is 1. The summed E-state index contributed by atoms with van der Waals surface area (Å²) in [5.74, 6) is 0.823. The van der Waals surface area contributed by atoms with E-state index in [0.29, 0.717) is 6.54 Å². The molecule has 2 aromatic carbocycles. The van der Waals surface area contributed by atoms with Crippen molar-refractivity contribution in [1.82, 2.24) is 10.2 Å². The van der Waals surface area contributed by atoms with Crippen LogP contribution in [0.15, 0.2) is 48.5 Å². The van der Waals surface area contributed by atoms with Crippen LogP contribution in [0.3, 0.4) is 0 Å². The second kappa shape index (κ2) is 7.57. The van der Waals surface area contributed by atoms with Gasteiger partial charge < -0.3 is 15.0 Å². The van der Waals surface area contributed by atoms with Crippen LogP contribution in [0.1, 0.15) is 17.2 Å². The molecular formula is C20H25N3O2. The van der Waals surface area contributed by atoms with Crippen molar-refractivity contribution in [3.05, 3.63) is 59.7 Å². The quantitative estimate of drug-likeness (QED) is 0.910. The molecule has 0 spiro atoms. The van der Waals surface area contributed by atoms with E-state index in [9.17, 15) is 4.79 Å². The van der Waals surface area contributed by atoms with E-state index in [-0.39, 0.29) is 12.1 Å². The number of amides is 2. The summed E-state index contributed by atoms with van der Waals surface area (Å²) in [5, 5.41) is 3.09. The minimum atomic E-state index is -0.0419. The Kier molecular flexibility index (Phi) is 5.24. The van der Waals surface area contributed by atoms with Gasteiger partial charge in [0.2, 0.25) is 0 Å². The van der Waals surface area contributed by atoms with E-state index in [0.717, 1.165) is 30.0 Å². The minimum Gasteiger partial charge on any atom is -0.497 e. The molecule has 5 nitrogen and oxygen atoms in total. The lowest BCUT2D eigenvalue weighted by atomic mass is 10.1. The molecule has 1 N–H and O–H groups in total. The molecule has 2 aromatic rings. The van der Waals surface area contributed by atoms with E-state index >= 15 is 0 Å². The van der Waals surface area contributed by atoms with Gasteiger partial charge in [0.25, 0.3) is 0 Å². The van der Waals surface area contributed by atoms with Crippen molar-refractivity contribution >= 4 is 11.7 Å². The first kappa shape index (κ1) is 17.3. The van der Waals surface area contributed by atoms with Crippen molar-refractivity contribution in [3.63, 3.8) is 0 Å². The van der Waals surface area contributed by atoms with Gasteiger partial charge in [-0.1, -0.05) is 30.3 Å². The molecule has 0 radical (unpaired) electrons. The van der Waals surface area contributed by atoms with E-state index in [1.807, 2.05) is 55.4 Å². The number of carbonyl (C=O) groups is 1. The number of ether oxygens (including phenoxy) is 1. The Bertz CT molecular complexity index is 745. The summed E-state index contributed by atoms with van der Waals surface area (Å²) in [6.45, 7) is 1.27. The highest BCUT2D eigenvalue weighted by atomic mass is 16.5. The molecule has 0 bridgehead atoms. The highest BCUT2D eigenvalue weighted by Crippen LogP contribution is 2.27. The van der Waals surface area contributed by atoms with Gasteiger partial charge in [-0.2, -0.15) is 0 Å². The normalized spacial score (nSPS) is 14.3. The Morgan fingerprint density at radius 2 is 2.04 bits per heavy atom. The zero-order valence-electron chi connectivity index (χ0n) is 15.0. The highest BCUT2D eigenvalue weighted by molar-refractivity contribution is 5.94. The number of hydrogen-bond donors (Lipinski definition) is 1. The number of fused-ring (bicyclic) bond motifs is 1. The molecule has 2 amide bonds. The van der Waals surface area contributed by atoms with Gasteiger partial charge >= 0.3 is 6.03 Å². The standard InChI is InChI=1S/C20H25N3O2/c1-22(2)19(16-8-6-9-17(13-16)25-3)14-21-20(24)23-12-11-15-7-4-5-10-18(15)23/h4-10,13,19H,11-12,14H2,1-3H3,(H,21,24)/t19-/m1/s1. The van der Waals surface area contributed by atoms with E-state index < -0.39 is 0 Å². The second-order valence-electron chi connectivity index (χ2n) is 6.47. The maximum Gasteiger partial charge on any atom is 0.321 e. The Morgan fingerprint density at radius 1 is 1.24 bits per heavy atom. The molecule has 25 heavy (non-hydrogen) atoms. The Hall–Kier alpha value is -2.53. The minimum absolute atomic E-state index is 0.0419. The Labute approximate surface area is 149 Å². The van der Waals surface area contributed by atoms with Crippen LogP contribution in [-0.4, -0.2) is 45.2 Å². The smallest absolute Gasteiger partial charge is 0.321 e. The number of methoxy groups -OCH3 is 1. The van der Waals surface area contributed by atoms with Gasteiger partial charge in [0.15, 0.2) is 0 Å². The molecular weight excluding hydrogens is 314 g/mol. The molecule has 0 saturated heterocycles. The summed E-state index contributed by atoms with van der Waals surface area (Å²) < 4.78 is 5.32.